The molecule has 0 aliphatic carbocycles. The number of tetrazole rings is 1. The number of aliphatic hydroxyl groups is 1. The summed E-state index contributed by atoms with van der Waals surface area (Å²) in [4.78, 5) is 5.97. The number of aliphatic hydroxyl groups excluding tert-OH is 1. The van der Waals surface area contributed by atoms with Gasteiger partial charge in [0.15, 0.2) is 5.15 Å². The minimum absolute atomic E-state index is 0. The number of rotatable bonds is 8. The van der Waals surface area contributed by atoms with Gasteiger partial charge in [0.25, 0.3) is 0 Å². The van der Waals surface area contributed by atoms with Gasteiger partial charge in [-0.15, -0.1) is 10.2 Å². The van der Waals surface area contributed by atoms with Crippen LogP contribution in [0.2, 0.25) is 5.15 Å². The fourth-order valence-corrected chi connectivity index (χ4v) is 3.81. The molecule has 0 atom stereocenters. The summed E-state index contributed by atoms with van der Waals surface area (Å²) < 4.78 is 2.03. The van der Waals surface area contributed by atoms with Gasteiger partial charge < -0.3 is 20.7 Å². The van der Waals surface area contributed by atoms with Crippen LogP contribution in [0.4, 0.5) is 0 Å². The van der Waals surface area contributed by atoms with E-state index >= 15 is 0 Å². The summed E-state index contributed by atoms with van der Waals surface area (Å²) in [6, 6.07) is 16.3. The molecule has 0 fully saturated rings. The maximum Gasteiger partial charge on any atom is 1.00 e. The zero-order valence-corrected chi connectivity index (χ0v) is 21.8. The van der Waals surface area contributed by atoms with Gasteiger partial charge in [-0.2, -0.15) is 5.21 Å². The van der Waals surface area contributed by atoms with E-state index in [1.807, 2.05) is 28.8 Å². The van der Waals surface area contributed by atoms with Crippen molar-refractivity contribution in [2.75, 3.05) is 0 Å². The van der Waals surface area contributed by atoms with Crippen molar-refractivity contribution in [2.24, 2.45) is 0 Å². The molecule has 0 bridgehead atoms. The normalized spacial score (nSPS) is 10.1. The van der Waals surface area contributed by atoms with Gasteiger partial charge in [-0.05, 0) is 28.3 Å². The number of nitrogens with zero attached hydrogens (tertiary/aromatic N) is 8. The third-order valence-corrected chi connectivity index (χ3v) is 5.43. The minimum Gasteiger partial charge on any atom is -0.390 e. The van der Waals surface area contributed by atoms with Gasteiger partial charge in [-0.3, -0.25) is 4.91 Å². The van der Waals surface area contributed by atoms with Crippen LogP contribution in [0.25, 0.3) is 38.5 Å². The number of halogens is 1. The molecule has 4 aromatic rings. The molecule has 4 rings (SSSR count). The van der Waals surface area contributed by atoms with Crippen molar-refractivity contribution in [3.8, 4) is 22.5 Å². The van der Waals surface area contributed by atoms with Crippen LogP contribution in [0.5, 0.6) is 0 Å². The van der Waals surface area contributed by atoms with Crippen molar-refractivity contribution in [3.63, 3.8) is 0 Å². The van der Waals surface area contributed by atoms with E-state index < -0.39 is 0 Å². The molecule has 0 spiro atoms. The number of imidazole rings is 1. The van der Waals surface area contributed by atoms with E-state index in [2.05, 4.69) is 56.8 Å². The van der Waals surface area contributed by atoms with Crippen LogP contribution >= 0.6 is 11.6 Å². The monoisotopic (exact) mass is 487 g/mol. The standard InChI is InChI=1S/C22H23ClN6O.N3.Na/c1-2-3-8-20-24-21(23)19(14-30)29(20)13-15-9-11-16(12-10-15)17-6-4-5-7-18(17)22-25-27-28-26-22;1-3-2;/h4-7,9-12,30H,2-3,8,13-14H2,1H3,(H,25,26,27,28);;/q;-1;+1. The van der Waals surface area contributed by atoms with Crippen LogP contribution < -0.4 is 29.6 Å². The smallest absolute Gasteiger partial charge is 0.390 e. The van der Waals surface area contributed by atoms with Gasteiger partial charge in [0.05, 0.1) is 12.3 Å². The van der Waals surface area contributed by atoms with Crippen molar-refractivity contribution < 1.29 is 34.7 Å². The van der Waals surface area contributed by atoms with Crippen molar-refractivity contribution in [2.45, 2.75) is 39.3 Å². The van der Waals surface area contributed by atoms with Gasteiger partial charge in [-0.25, -0.2) is 4.98 Å². The van der Waals surface area contributed by atoms with Crippen LogP contribution in [0.1, 0.15) is 36.8 Å². The molecule has 170 valence electrons. The van der Waals surface area contributed by atoms with Crippen LogP contribution in [-0.2, 0) is 19.6 Å². The first kappa shape index (κ1) is 27.5. The molecule has 2 aromatic heterocycles. The van der Waals surface area contributed by atoms with Crippen LogP contribution in [0.3, 0.4) is 0 Å². The van der Waals surface area contributed by atoms with Crippen LogP contribution in [-0.4, -0.2) is 35.3 Å². The van der Waals surface area contributed by atoms with E-state index in [4.69, 9.17) is 22.7 Å². The fourth-order valence-electron chi connectivity index (χ4n) is 3.55. The van der Waals surface area contributed by atoms with Crippen molar-refractivity contribution in [1.29, 1.82) is 0 Å². The van der Waals surface area contributed by atoms with Crippen molar-refractivity contribution in [3.05, 3.63) is 86.7 Å². The molecule has 0 aliphatic rings. The summed E-state index contributed by atoms with van der Waals surface area (Å²) in [5.41, 5.74) is 18.3. The Hall–Kier alpha value is -2.72. The average molecular weight is 488 g/mol. The molecule has 2 N–H and O–H groups in total. The Bertz CT molecular complexity index is 1200. The third-order valence-electron chi connectivity index (χ3n) is 5.13. The largest absolute Gasteiger partial charge is 1.00 e. The summed E-state index contributed by atoms with van der Waals surface area (Å²) >= 11 is 6.26. The predicted molar refractivity (Wildman–Crippen MR) is 126 cm³/mol. The number of H-pyrrole nitrogens is 1. The van der Waals surface area contributed by atoms with Gasteiger partial charge in [-0.1, -0.05) is 73.5 Å². The number of hydrogen-bond acceptors (Lipinski definition) is 5. The van der Waals surface area contributed by atoms with Crippen LogP contribution in [0.15, 0.2) is 48.5 Å². The van der Waals surface area contributed by atoms with Gasteiger partial charge in [0.1, 0.15) is 5.82 Å². The Morgan fingerprint density at radius 3 is 2.35 bits per heavy atom. The van der Waals surface area contributed by atoms with Crippen molar-refractivity contribution >= 4 is 11.6 Å². The Morgan fingerprint density at radius 1 is 1.09 bits per heavy atom. The second-order valence-corrected chi connectivity index (χ2v) is 7.54. The SMILES string of the molecule is CCCCc1nc(Cl)c(CO)n1Cc1ccc(-c2ccccc2-c2nn[nH]n2)cc1.[N-]=[N+]=[N-].[Na+]. The van der Waals surface area contributed by atoms with E-state index in [1.54, 1.807) is 0 Å². The number of aromatic amines is 1. The molecule has 10 nitrogen and oxygen atoms in total. The summed E-state index contributed by atoms with van der Waals surface area (Å²) in [6.45, 7) is 2.63. The summed E-state index contributed by atoms with van der Waals surface area (Å²) in [7, 11) is 0. The zero-order valence-electron chi connectivity index (χ0n) is 19.1. The second-order valence-electron chi connectivity index (χ2n) is 7.18. The molecule has 2 heterocycles. The van der Waals surface area contributed by atoms with Crippen LogP contribution in [0, 0.1) is 0 Å². The number of benzene rings is 2. The Balaban J connectivity index is 0.000000970. The van der Waals surface area contributed by atoms with Gasteiger partial charge in [0.2, 0.25) is 5.82 Å². The predicted octanol–water partition coefficient (Wildman–Crippen LogP) is 2.14. The molecule has 0 saturated carbocycles. The number of nitrogens with one attached hydrogen (secondary N) is 1. The maximum atomic E-state index is 9.77. The number of unbranched alkanes of at least 4 members (excludes halogenated alkanes) is 1. The summed E-state index contributed by atoms with van der Waals surface area (Å²) in [6.07, 6.45) is 2.95. The number of aromatic nitrogens is 6. The maximum absolute atomic E-state index is 9.77. The van der Waals surface area contributed by atoms with Gasteiger partial charge in [0, 0.05) is 18.5 Å². The molecule has 0 amide bonds. The molecule has 0 radical (unpaired) electrons. The summed E-state index contributed by atoms with van der Waals surface area (Å²) in [5.74, 6) is 1.48. The number of hydrogen-bond donors (Lipinski definition) is 2. The topological polar surface area (TPSA) is 151 Å². The van der Waals surface area contributed by atoms with Gasteiger partial charge >= 0.3 is 29.6 Å². The average Bonchev–Trinajstić information content (AvgIpc) is 3.47. The van der Waals surface area contributed by atoms with E-state index in [0.29, 0.717) is 23.2 Å². The molecule has 12 heteroatoms. The molecule has 0 aliphatic heterocycles. The first-order valence-electron chi connectivity index (χ1n) is 10.4. The fraction of sp³-hybridized carbons (Fsp3) is 0.273. The third kappa shape index (κ3) is 6.66. The molecule has 2 aromatic carbocycles. The molecule has 0 unspecified atom stereocenters. The van der Waals surface area contributed by atoms with E-state index in [0.717, 1.165) is 47.3 Å². The summed E-state index contributed by atoms with van der Waals surface area (Å²) in [5, 5.41) is 24.5. The molecular formula is C22H23ClN9NaO. The Morgan fingerprint density at radius 2 is 1.76 bits per heavy atom. The van der Waals surface area contributed by atoms with Crippen molar-refractivity contribution in [1.82, 2.24) is 30.2 Å². The minimum atomic E-state index is -0.131. The molecular weight excluding hydrogens is 465 g/mol. The Labute approximate surface area is 224 Å². The zero-order chi connectivity index (χ0) is 23.6. The first-order chi connectivity index (χ1) is 16.1. The first-order valence-corrected chi connectivity index (χ1v) is 10.8. The number of aryl methyl sites for hydroxylation is 1. The quantitative estimate of drug-likeness (QED) is 0.169. The van der Waals surface area contributed by atoms with E-state index in [-0.39, 0.29) is 36.2 Å². The Kier molecular flexibility index (Phi) is 11.2. The second kappa shape index (κ2) is 13.9. The molecule has 34 heavy (non-hydrogen) atoms. The van der Waals surface area contributed by atoms with E-state index in [9.17, 15) is 5.11 Å². The molecule has 0 saturated heterocycles. The van der Waals surface area contributed by atoms with E-state index in [1.165, 1.54) is 4.91 Å².